The summed E-state index contributed by atoms with van der Waals surface area (Å²) >= 11 is 0. The predicted octanol–water partition coefficient (Wildman–Crippen LogP) is 0.923. The standard InChI is InChI=1S/C14H21N3O4S/c1-9-14(10(2)21-15-9)22(19,20)17-7-12-4-5-13(17)8-16(6-12)11(3)18/h12-13H,4-8H2,1-3H3/t12-,13+/m0/s1. The minimum Gasteiger partial charge on any atom is -0.360 e. The number of nitrogens with zero attached hydrogens (tertiary/aromatic N) is 3. The first-order valence-electron chi connectivity index (χ1n) is 7.51. The third kappa shape index (κ3) is 2.44. The molecular formula is C14H21N3O4S. The Hall–Kier alpha value is -1.41. The SMILES string of the molecule is CC(=O)N1C[C@@H]2CC[C@H](C1)N(S(=O)(=O)c1c(C)noc1C)C2. The van der Waals surface area contributed by atoms with Gasteiger partial charge in [-0.2, -0.15) is 4.31 Å². The normalized spacial score (nSPS) is 26.2. The minimum absolute atomic E-state index is 0.00786. The number of carbonyl (C=O) groups excluding carboxylic acids is 1. The molecule has 4 heterocycles. The molecule has 3 aliphatic rings. The molecule has 0 N–H and O–H groups in total. The van der Waals surface area contributed by atoms with Gasteiger partial charge in [-0.25, -0.2) is 8.42 Å². The minimum atomic E-state index is -3.64. The van der Waals surface area contributed by atoms with Crippen LogP contribution in [0.4, 0.5) is 0 Å². The van der Waals surface area contributed by atoms with E-state index in [0.29, 0.717) is 31.1 Å². The van der Waals surface area contributed by atoms with Gasteiger partial charge in [0.1, 0.15) is 10.6 Å². The van der Waals surface area contributed by atoms with Gasteiger partial charge in [0.05, 0.1) is 0 Å². The number of amides is 1. The van der Waals surface area contributed by atoms with Gasteiger partial charge in [0, 0.05) is 32.6 Å². The van der Waals surface area contributed by atoms with E-state index in [1.807, 2.05) is 0 Å². The van der Waals surface area contributed by atoms with Crippen molar-refractivity contribution in [2.75, 3.05) is 19.6 Å². The van der Waals surface area contributed by atoms with Crippen LogP contribution in [0.25, 0.3) is 0 Å². The van der Waals surface area contributed by atoms with Crippen LogP contribution in [-0.2, 0) is 14.8 Å². The average Bonchev–Trinajstić information content (AvgIpc) is 2.66. The van der Waals surface area contributed by atoms with Crippen molar-refractivity contribution in [1.82, 2.24) is 14.4 Å². The fraction of sp³-hybridized carbons (Fsp3) is 0.714. The van der Waals surface area contributed by atoms with Gasteiger partial charge < -0.3 is 9.42 Å². The van der Waals surface area contributed by atoms with E-state index in [0.717, 1.165) is 12.8 Å². The zero-order chi connectivity index (χ0) is 16.1. The van der Waals surface area contributed by atoms with Crippen molar-refractivity contribution in [1.29, 1.82) is 0 Å². The Bertz CT molecular complexity index is 677. The summed E-state index contributed by atoms with van der Waals surface area (Å²) in [6, 6.07) is -0.165. The molecule has 1 aromatic rings. The summed E-state index contributed by atoms with van der Waals surface area (Å²) in [5.41, 5.74) is 0.390. The molecule has 2 atom stereocenters. The highest BCUT2D eigenvalue weighted by Gasteiger charge is 2.43. The van der Waals surface area contributed by atoms with E-state index in [-0.39, 0.29) is 22.8 Å². The number of hydrogen-bond acceptors (Lipinski definition) is 5. The average molecular weight is 327 g/mol. The van der Waals surface area contributed by atoms with Crippen LogP contribution in [0.1, 0.15) is 31.2 Å². The summed E-state index contributed by atoms with van der Waals surface area (Å²) in [4.78, 5) is 13.6. The summed E-state index contributed by atoms with van der Waals surface area (Å²) in [6.45, 7) is 6.36. The van der Waals surface area contributed by atoms with E-state index < -0.39 is 10.0 Å². The quantitative estimate of drug-likeness (QED) is 0.806. The number of sulfonamides is 1. The Labute approximate surface area is 130 Å². The molecule has 0 radical (unpaired) electrons. The van der Waals surface area contributed by atoms with Gasteiger partial charge in [0.15, 0.2) is 5.76 Å². The van der Waals surface area contributed by atoms with Crippen molar-refractivity contribution < 1.29 is 17.7 Å². The van der Waals surface area contributed by atoms with E-state index in [9.17, 15) is 13.2 Å². The molecule has 2 bridgehead atoms. The second-order valence-corrected chi connectivity index (χ2v) is 8.08. The summed E-state index contributed by atoms with van der Waals surface area (Å²) in [5.74, 6) is 0.521. The number of aryl methyl sites for hydroxylation is 2. The highest BCUT2D eigenvalue weighted by atomic mass is 32.2. The maximum absolute atomic E-state index is 13.0. The van der Waals surface area contributed by atoms with Crippen molar-refractivity contribution in [2.24, 2.45) is 5.92 Å². The van der Waals surface area contributed by atoms with Crippen LogP contribution < -0.4 is 0 Å². The van der Waals surface area contributed by atoms with E-state index in [1.54, 1.807) is 23.1 Å². The van der Waals surface area contributed by atoms with E-state index in [1.165, 1.54) is 6.92 Å². The summed E-state index contributed by atoms with van der Waals surface area (Å²) in [5, 5.41) is 3.76. The Balaban J connectivity index is 1.97. The lowest BCUT2D eigenvalue weighted by Crippen LogP contribution is -2.47. The van der Waals surface area contributed by atoms with Crippen molar-refractivity contribution in [3.05, 3.63) is 11.5 Å². The molecule has 0 aliphatic carbocycles. The van der Waals surface area contributed by atoms with Gasteiger partial charge in [0.25, 0.3) is 0 Å². The molecule has 4 rings (SSSR count). The van der Waals surface area contributed by atoms with Gasteiger partial charge in [0.2, 0.25) is 15.9 Å². The molecule has 122 valence electrons. The Morgan fingerprint density at radius 2 is 1.95 bits per heavy atom. The zero-order valence-corrected chi connectivity index (χ0v) is 13.9. The first kappa shape index (κ1) is 15.5. The third-order valence-corrected chi connectivity index (χ3v) is 6.81. The summed E-state index contributed by atoms with van der Waals surface area (Å²) < 4.78 is 32.6. The Kier molecular flexibility index (Phi) is 3.76. The van der Waals surface area contributed by atoms with E-state index in [4.69, 9.17) is 4.52 Å². The number of rotatable bonds is 2. The monoisotopic (exact) mass is 327 g/mol. The van der Waals surface area contributed by atoms with Gasteiger partial charge in [-0.3, -0.25) is 4.79 Å². The molecular weight excluding hydrogens is 306 g/mol. The van der Waals surface area contributed by atoms with Crippen molar-refractivity contribution >= 4 is 15.9 Å². The number of piperidine rings is 1. The van der Waals surface area contributed by atoms with E-state index >= 15 is 0 Å². The predicted molar refractivity (Wildman–Crippen MR) is 78.6 cm³/mol. The molecule has 3 saturated heterocycles. The van der Waals surface area contributed by atoms with E-state index in [2.05, 4.69) is 5.16 Å². The van der Waals surface area contributed by atoms with Crippen LogP contribution in [-0.4, -0.2) is 54.4 Å². The van der Waals surface area contributed by atoms with Crippen LogP contribution in [0.3, 0.4) is 0 Å². The van der Waals surface area contributed by atoms with Crippen molar-refractivity contribution in [3.8, 4) is 0 Å². The molecule has 8 heteroatoms. The smallest absolute Gasteiger partial charge is 0.248 e. The maximum atomic E-state index is 13.0. The van der Waals surface area contributed by atoms with Crippen LogP contribution in [0, 0.1) is 19.8 Å². The topological polar surface area (TPSA) is 83.7 Å². The summed E-state index contributed by atoms with van der Waals surface area (Å²) in [7, 11) is -3.64. The highest BCUT2D eigenvalue weighted by molar-refractivity contribution is 7.89. The number of aromatic nitrogens is 1. The molecule has 7 nitrogen and oxygen atoms in total. The van der Waals surface area contributed by atoms with Crippen LogP contribution in [0.15, 0.2) is 9.42 Å². The molecule has 3 fully saturated rings. The number of carbonyl (C=O) groups is 1. The fourth-order valence-corrected chi connectivity index (χ4v) is 5.57. The van der Waals surface area contributed by atoms with Crippen molar-refractivity contribution in [2.45, 2.75) is 44.6 Å². The largest absolute Gasteiger partial charge is 0.360 e. The molecule has 3 aliphatic heterocycles. The highest BCUT2D eigenvalue weighted by Crippen LogP contribution is 2.34. The lowest BCUT2D eigenvalue weighted by molar-refractivity contribution is -0.129. The van der Waals surface area contributed by atoms with Crippen LogP contribution in [0.2, 0.25) is 0 Å². The van der Waals surface area contributed by atoms with Crippen LogP contribution in [0.5, 0.6) is 0 Å². The first-order chi connectivity index (χ1) is 10.3. The second-order valence-electron chi connectivity index (χ2n) is 6.25. The second kappa shape index (κ2) is 5.34. The lowest BCUT2D eigenvalue weighted by atomic mass is 9.97. The molecule has 0 aromatic carbocycles. The lowest BCUT2D eigenvalue weighted by Gasteiger charge is -2.34. The molecule has 1 aromatic heterocycles. The van der Waals surface area contributed by atoms with Gasteiger partial charge in [-0.15, -0.1) is 0 Å². The number of fused-ring (bicyclic) bond motifs is 4. The summed E-state index contributed by atoms with van der Waals surface area (Å²) in [6.07, 6.45) is 1.75. The van der Waals surface area contributed by atoms with Crippen LogP contribution >= 0.6 is 0 Å². The van der Waals surface area contributed by atoms with Gasteiger partial charge in [-0.1, -0.05) is 5.16 Å². The zero-order valence-electron chi connectivity index (χ0n) is 13.1. The number of hydrogen-bond donors (Lipinski definition) is 0. The molecule has 1 amide bonds. The maximum Gasteiger partial charge on any atom is 0.248 e. The van der Waals surface area contributed by atoms with Crippen molar-refractivity contribution in [3.63, 3.8) is 0 Å². The fourth-order valence-electron chi connectivity index (χ4n) is 3.55. The Morgan fingerprint density at radius 1 is 1.23 bits per heavy atom. The molecule has 0 spiro atoms. The third-order valence-electron chi connectivity index (χ3n) is 4.64. The molecule has 22 heavy (non-hydrogen) atoms. The molecule has 0 saturated carbocycles. The van der Waals surface area contributed by atoms with Gasteiger partial charge in [-0.05, 0) is 32.6 Å². The molecule has 0 unspecified atom stereocenters. The Morgan fingerprint density at radius 3 is 2.55 bits per heavy atom. The van der Waals surface area contributed by atoms with Gasteiger partial charge >= 0.3 is 0 Å². The first-order valence-corrected chi connectivity index (χ1v) is 8.95.